The van der Waals surface area contributed by atoms with Gasteiger partial charge in [-0.05, 0) is 42.3 Å². The van der Waals surface area contributed by atoms with E-state index in [1.165, 1.54) is 0 Å². The molecule has 2 aromatic carbocycles. The lowest BCUT2D eigenvalue weighted by atomic mass is 10.1. The van der Waals surface area contributed by atoms with E-state index in [1.807, 2.05) is 0 Å². The summed E-state index contributed by atoms with van der Waals surface area (Å²) < 4.78 is 64.6. The second-order valence-corrected chi connectivity index (χ2v) is 6.46. The Balaban J connectivity index is 2.31. The van der Waals surface area contributed by atoms with Crippen LogP contribution < -0.4 is 4.72 Å². The topological polar surface area (TPSA) is 46.2 Å². The smallest absolute Gasteiger partial charge is 0.279 e. The molecule has 1 N–H and O–H groups in total. The van der Waals surface area contributed by atoms with Crippen LogP contribution >= 0.6 is 0 Å². The number of hydrogen-bond acceptors (Lipinski definition) is 2. The van der Waals surface area contributed by atoms with Crippen LogP contribution in [0.15, 0.2) is 66.1 Å². The molecule has 122 valence electrons. The Morgan fingerprint density at radius 1 is 1.04 bits per heavy atom. The second kappa shape index (κ2) is 6.45. The number of benzene rings is 2. The van der Waals surface area contributed by atoms with E-state index in [-0.39, 0.29) is 4.90 Å². The number of rotatable bonds is 5. The highest BCUT2D eigenvalue weighted by molar-refractivity contribution is 7.92. The Labute approximate surface area is 132 Å². The van der Waals surface area contributed by atoms with Crippen LogP contribution in [0.4, 0.5) is 18.9 Å². The molecule has 0 unspecified atom stereocenters. The zero-order valence-electron chi connectivity index (χ0n) is 12.0. The van der Waals surface area contributed by atoms with Gasteiger partial charge in [0.25, 0.3) is 10.0 Å². The van der Waals surface area contributed by atoms with Crippen LogP contribution in [0, 0.1) is 0 Å². The maximum Gasteiger partial charge on any atom is 0.416 e. The van der Waals surface area contributed by atoms with Gasteiger partial charge in [0.15, 0.2) is 0 Å². The van der Waals surface area contributed by atoms with Crippen molar-refractivity contribution < 1.29 is 21.6 Å². The van der Waals surface area contributed by atoms with E-state index < -0.39 is 21.8 Å². The minimum Gasteiger partial charge on any atom is -0.279 e. The summed E-state index contributed by atoms with van der Waals surface area (Å²) >= 11 is 0. The Morgan fingerprint density at radius 2 is 1.65 bits per heavy atom. The van der Waals surface area contributed by atoms with Crippen molar-refractivity contribution in [3.05, 3.63) is 72.3 Å². The van der Waals surface area contributed by atoms with E-state index in [9.17, 15) is 21.6 Å². The fourth-order valence-corrected chi connectivity index (χ4v) is 3.08. The molecular formula is C16H14F3NO2S. The summed E-state index contributed by atoms with van der Waals surface area (Å²) in [7, 11) is -3.97. The van der Waals surface area contributed by atoms with E-state index >= 15 is 0 Å². The molecule has 2 aromatic rings. The molecule has 7 heteroatoms. The van der Waals surface area contributed by atoms with E-state index in [0.29, 0.717) is 12.1 Å². The largest absolute Gasteiger partial charge is 0.416 e. The van der Waals surface area contributed by atoms with Crippen LogP contribution in [0.5, 0.6) is 0 Å². The molecule has 0 bridgehead atoms. The second-order valence-electron chi connectivity index (χ2n) is 4.78. The number of alkyl halides is 3. The molecule has 0 saturated carbocycles. The number of sulfonamides is 1. The normalized spacial score (nSPS) is 12.0. The fourth-order valence-electron chi connectivity index (χ4n) is 1.98. The van der Waals surface area contributed by atoms with Gasteiger partial charge in [0, 0.05) is 0 Å². The molecule has 0 spiro atoms. The first-order chi connectivity index (χ1) is 10.7. The first kappa shape index (κ1) is 17.1. The number of nitrogens with one attached hydrogen (secondary N) is 1. The summed E-state index contributed by atoms with van der Waals surface area (Å²) in [6.45, 7) is 3.60. The molecule has 0 radical (unpaired) electrons. The number of allylic oxidation sites excluding steroid dienone is 1. The van der Waals surface area contributed by atoms with Gasteiger partial charge in [0.1, 0.15) is 0 Å². The highest BCUT2D eigenvalue weighted by Gasteiger charge is 2.30. The Bertz CT molecular complexity index is 797. The molecule has 0 atom stereocenters. The number of anilines is 1. The summed E-state index contributed by atoms with van der Waals surface area (Å²) in [5.41, 5.74) is 0.189. The minimum atomic E-state index is -4.51. The van der Waals surface area contributed by atoms with Crippen LogP contribution in [0.2, 0.25) is 0 Å². The van der Waals surface area contributed by atoms with Gasteiger partial charge in [-0.15, -0.1) is 6.58 Å². The van der Waals surface area contributed by atoms with Crippen LogP contribution in [0.1, 0.15) is 11.1 Å². The van der Waals surface area contributed by atoms with Gasteiger partial charge in [-0.1, -0.05) is 24.3 Å². The quantitative estimate of drug-likeness (QED) is 0.827. The summed E-state index contributed by atoms with van der Waals surface area (Å²) in [4.78, 5) is -0.237. The summed E-state index contributed by atoms with van der Waals surface area (Å²) in [5.74, 6) is 0. The molecule has 0 aliphatic rings. The van der Waals surface area contributed by atoms with Gasteiger partial charge < -0.3 is 0 Å². The fraction of sp³-hybridized carbons (Fsp3) is 0.125. The molecule has 0 aliphatic heterocycles. The van der Waals surface area contributed by atoms with Gasteiger partial charge in [-0.25, -0.2) is 8.42 Å². The summed E-state index contributed by atoms with van der Waals surface area (Å²) in [6.07, 6.45) is -2.41. The standard InChI is InChI=1S/C16H14F3NO2S/c1-2-5-12-6-3-4-7-15(12)20-23(21,22)14-10-8-13(9-11-14)16(17,18)19/h2-4,6-11,20H,1,5H2. The highest BCUT2D eigenvalue weighted by atomic mass is 32.2. The molecule has 0 amide bonds. The first-order valence-corrected chi connectivity index (χ1v) is 8.11. The molecule has 2 rings (SSSR count). The zero-order chi connectivity index (χ0) is 17.1. The van der Waals surface area contributed by atoms with Crippen molar-refractivity contribution in [2.45, 2.75) is 17.5 Å². The van der Waals surface area contributed by atoms with E-state index in [2.05, 4.69) is 11.3 Å². The van der Waals surface area contributed by atoms with Crippen molar-refractivity contribution in [3.8, 4) is 0 Å². The third kappa shape index (κ3) is 4.13. The van der Waals surface area contributed by atoms with Crippen LogP contribution in [0.3, 0.4) is 0 Å². The number of para-hydroxylation sites is 1. The maximum absolute atomic E-state index is 12.5. The molecule has 23 heavy (non-hydrogen) atoms. The SMILES string of the molecule is C=CCc1ccccc1NS(=O)(=O)c1ccc(C(F)(F)F)cc1. The van der Waals surface area contributed by atoms with Gasteiger partial charge in [0.2, 0.25) is 0 Å². The van der Waals surface area contributed by atoms with Crippen LogP contribution in [0.25, 0.3) is 0 Å². The average Bonchev–Trinajstić information content (AvgIpc) is 2.48. The van der Waals surface area contributed by atoms with Crippen LogP contribution in [-0.4, -0.2) is 8.42 Å². The Morgan fingerprint density at radius 3 is 2.22 bits per heavy atom. The molecule has 0 fully saturated rings. The molecule has 0 aliphatic carbocycles. The van der Waals surface area contributed by atoms with E-state index in [0.717, 1.165) is 29.8 Å². The van der Waals surface area contributed by atoms with Crippen molar-refractivity contribution in [3.63, 3.8) is 0 Å². The van der Waals surface area contributed by atoms with Gasteiger partial charge >= 0.3 is 6.18 Å². The lowest BCUT2D eigenvalue weighted by Gasteiger charge is -2.12. The van der Waals surface area contributed by atoms with Gasteiger partial charge in [-0.3, -0.25) is 4.72 Å². The Kier molecular flexibility index (Phi) is 4.79. The zero-order valence-corrected chi connectivity index (χ0v) is 12.8. The van der Waals surface area contributed by atoms with E-state index in [1.54, 1.807) is 30.3 Å². The average molecular weight is 341 g/mol. The number of halogens is 3. The van der Waals surface area contributed by atoms with Crippen molar-refractivity contribution in [2.75, 3.05) is 4.72 Å². The minimum absolute atomic E-state index is 0.237. The predicted octanol–water partition coefficient (Wildman–Crippen LogP) is 4.23. The molecule has 0 saturated heterocycles. The third-order valence-electron chi connectivity index (χ3n) is 3.12. The third-order valence-corrected chi connectivity index (χ3v) is 4.50. The van der Waals surface area contributed by atoms with Crippen molar-refractivity contribution in [2.24, 2.45) is 0 Å². The van der Waals surface area contributed by atoms with E-state index in [4.69, 9.17) is 0 Å². The van der Waals surface area contributed by atoms with Crippen molar-refractivity contribution >= 4 is 15.7 Å². The molecular weight excluding hydrogens is 327 g/mol. The van der Waals surface area contributed by atoms with Crippen molar-refractivity contribution in [1.82, 2.24) is 0 Å². The van der Waals surface area contributed by atoms with Gasteiger partial charge in [-0.2, -0.15) is 13.2 Å². The maximum atomic E-state index is 12.5. The molecule has 0 aromatic heterocycles. The highest BCUT2D eigenvalue weighted by Crippen LogP contribution is 2.30. The van der Waals surface area contributed by atoms with Gasteiger partial charge in [0.05, 0.1) is 16.1 Å². The van der Waals surface area contributed by atoms with Crippen LogP contribution in [-0.2, 0) is 22.6 Å². The number of hydrogen-bond donors (Lipinski definition) is 1. The first-order valence-electron chi connectivity index (χ1n) is 6.63. The monoisotopic (exact) mass is 341 g/mol. The summed E-state index contributed by atoms with van der Waals surface area (Å²) in [6, 6.07) is 10.1. The molecule has 3 nitrogen and oxygen atoms in total. The lowest BCUT2D eigenvalue weighted by molar-refractivity contribution is -0.137. The Hall–Kier alpha value is -2.28. The summed E-state index contributed by atoms with van der Waals surface area (Å²) in [5, 5.41) is 0. The molecule has 0 heterocycles. The predicted molar refractivity (Wildman–Crippen MR) is 82.6 cm³/mol. The lowest BCUT2D eigenvalue weighted by Crippen LogP contribution is -2.14. The van der Waals surface area contributed by atoms with Crippen molar-refractivity contribution in [1.29, 1.82) is 0 Å².